The summed E-state index contributed by atoms with van der Waals surface area (Å²) in [5, 5.41) is 0. The standard InChI is InChI=1S/C17H28FN3/c1-17(13-19,12-14-5-4-6-15(18)11-14)21-9-7-16(8-10-21)20(2)3/h4-6,11,16H,7-10,12-13,19H2,1-3H3. The van der Waals surface area contributed by atoms with Crippen molar-refractivity contribution in [3.63, 3.8) is 0 Å². The molecule has 0 radical (unpaired) electrons. The maximum Gasteiger partial charge on any atom is 0.123 e. The summed E-state index contributed by atoms with van der Waals surface area (Å²) in [6.45, 7) is 4.92. The van der Waals surface area contributed by atoms with Crippen LogP contribution in [0.5, 0.6) is 0 Å². The van der Waals surface area contributed by atoms with E-state index in [9.17, 15) is 4.39 Å². The van der Waals surface area contributed by atoms with Gasteiger partial charge in [-0.25, -0.2) is 4.39 Å². The first-order chi connectivity index (χ1) is 9.94. The van der Waals surface area contributed by atoms with Crippen molar-refractivity contribution in [1.29, 1.82) is 0 Å². The molecule has 1 aliphatic heterocycles. The number of nitrogens with two attached hydrogens (primary N) is 1. The molecule has 1 aromatic carbocycles. The Balaban J connectivity index is 2.04. The van der Waals surface area contributed by atoms with Gasteiger partial charge in [0.15, 0.2) is 0 Å². The van der Waals surface area contributed by atoms with Crippen LogP contribution in [-0.2, 0) is 6.42 Å². The number of hydrogen-bond donors (Lipinski definition) is 1. The lowest BCUT2D eigenvalue weighted by molar-refractivity contribution is 0.0560. The number of rotatable bonds is 5. The van der Waals surface area contributed by atoms with E-state index in [1.807, 2.05) is 6.07 Å². The van der Waals surface area contributed by atoms with E-state index in [4.69, 9.17) is 5.73 Å². The highest BCUT2D eigenvalue weighted by molar-refractivity contribution is 5.19. The van der Waals surface area contributed by atoms with E-state index >= 15 is 0 Å². The van der Waals surface area contributed by atoms with Gasteiger partial charge in [-0.2, -0.15) is 0 Å². The molecule has 1 heterocycles. The molecule has 1 unspecified atom stereocenters. The number of likely N-dealkylation sites (tertiary alicyclic amines) is 1. The van der Waals surface area contributed by atoms with Gasteiger partial charge in [-0.15, -0.1) is 0 Å². The van der Waals surface area contributed by atoms with Gasteiger partial charge in [0.25, 0.3) is 0 Å². The summed E-state index contributed by atoms with van der Waals surface area (Å²) in [5.41, 5.74) is 7.01. The molecule has 118 valence electrons. The zero-order chi connectivity index (χ0) is 15.5. The highest BCUT2D eigenvalue weighted by Gasteiger charge is 2.34. The van der Waals surface area contributed by atoms with Gasteiger partial charge in [0.2, 0.25) is 0 Å². The molecule has 1 fully saturated rings. The van der Waals surface area contributed by atoms with E-state index in [0.717, 1.165) is 25.1 Å². The maximum atomic E-state index is 13.4. The first kappa shape index (κ1) is 16.4. The van der Waals surface area contributed by atoms with E-state index in [2.05, 4.69) is 30.8 Å². The molecule has 1 aliphatic rings. The summed E-state index contributed by atoms with van der Waals surface area (Å²) < 4.78 is 13.4. The number of piperidine rings is 1. The minimum Gasteiger partial charge on any atom is -0.329 e. The third kappa shape index (κ3) is 4.02. The molecule has 4 heteroatoms. The smallest absolute Gasteiger partial charge is 0.123 e. The normalized spacial score (nSPS) is 20.7. The molecular weight excluding hydrogens is 265 g/mol. The third-order valence-electron chi connectivity index (χ3n) is 4.87. The van der Waals surface area contributed by atoms with E-state index in [-0.39, 0.29) is 11.4 Å². The van der Waals surface area contributed by atoms with Gasteiger partial charge >= 0.3 is 0 Å². The van der Waals surface area contributed by atoms with E-state index in [1.165, 1.54) is 18.9 Å². The number of benzene rings is 1. The number of nitrogens with zero attached hydrogens (tertiary/aromatic N) is 2. The lowest BCUT2D eigenvalue weighted by Gasteiger charge is -2.45. The molecule has 1 atom stereocenters. The molecule has 2 rings (SSSR count). The predicted molar refractivity (Wildman–Crippen MR) is 85.8 cm³/mol. The van der Waals surface area contributed by atoms with Crippen molar-refractivity contribution in [1.82, 2.24) is 9.80 Å². The van der Waals surface area contributed by atoms with Crippen LogP contribution in [0.15, 0.2) is 24.3 Å². The summed E-state index contributed by atoms with van der Waals surface area (Å²) in [4.78, 5) is 4.79. The lowest BCUT2D eigenvalue weighted by atomic mass is 9.88. The van der Waals surface area contributed by atoms with Crippen molar-refractivity contribution in [3.8, 4) is 0 Å². The summed E-state index contributed by atoms with van der Waals surface area (Å²) in [6.07, 6.45) is 3.14. The summed E-state index contributed by atoms with van der Waals surface area (Å²) in [6, 6.07) is 7.55. The highest BCUT2D eigenvalue weighted by atomic mass is 19.1. The third-order valence-corrected chi connectivity index (χ3v) is 4.87. The van der Waals surface area contributed by atoms with Crippen molar-refractivity contribution < 1.29 is 4.39 Å². The summed E-state index contributed by atoms with van der Waals surface area (Å²) in [7, 11) is 4.30. The van der Waals surface area contributed by atoms with Crippen LogP contribution in [0, 0.1) is 5.82 Å². The van der Waals surface area contributed by atoms with Crippen molar-refractivity contribution >= 4 is 0 Å². The van der Waals surface area contributed by atoms with Gasteiger partial charge in [-0.1, -0.05) is 12.1 Å². The zero-order valence-corrected chi connectivity index (χ0v) is 13.5. The second-order valence-electron chi connectivity index (χ2n) is 6.69. The van der Waals surface area contributed by atoms with Crippen molar-refractivity contribution in [2.75, 3.05) is 33.7 Å². The Kier molecular flexibility index (Phi) is 5.36. The first-order valence-corrected chi connectivity index (χ1v) is 7.80. The molecule has 3 nitrogen and oxygen atoms in total. The molecule has 0 spiro atoms. The summed E-state index contributed by atoms with van der Waals surface area (Å²) >= 11 is 0. The van der Waals surface area contributed by atoms with E-state index in [0.29, 0.717) is 12.6 Å². The van der Waals surface area contributed by atoms with Crippen molar-refractivity contribution in [2.24, 2.45) is 5.73 Å². The molecule has 0 aromatic heterocycles. The van der Waals surface area contributed by atoms with Crippen LogP contribution in [-0.4, -0.2) is 55.1 Å². The average Bonchev–Trinajstić information content (AvgIpc) is 2.47. The van der Waals surface area contributed by atoms with Crippen LogP contribution in [0.1, 0.15) is 25.3 Å². The highest BCUT2D eigenvalue weighted by Crippen LogP contribution is 2.25. The minimum absolute atomic E-state index is 0.0922. The number of hydrogen-bond acceptors (Lipinski definition) is 3. The van der Waals surface area contributed by atoms with Crippen LogP contribution < -0.4 is 5.73 Å². The molecule has 1 saturated heterocycles. The Morgan fingerprint density at radius 3 is 2.52 bits per heavy atom. The fraction of sp³-hybridized carbons (Fsp3) is 0.647. The summed E-state index contributed by atoms with van der Waals surface area (Å²) in [5.74, 6) is -0.168. The maximum absolute atomic E-state index is 13.4. The molecular formula is C17H28FN3. The molecule has 0 bridgehead atoms. The minimum atomic E-state index is -0.168. The van der Waals surface area contributed by atoms with Crippen molar-refractivity contribution in [2.45, 2.75) is 37.8 Å². The SMILES string of the molecule is CN(C)C1CCN(C(C)(CN)Cc2cccc(F)c2)CC1. The van der Waals surface area contributed by atoms with Crippen molar-refractivity contribution in [3.05, 3.63) is 35.6 Å². The van der Waals surface area contributed by atoms with Crippen LogP contribution in [0.2, 0.25) is 0 Å². The van der Waals surface area contributed by atoms with Gasteiger partial charge in [0.1, 0.15) is 5.82 Å². The molecule has 0 aliphatic carbocycles. The van der Waals surface area contributed by atoms with Crippen LogP contribution in [0.3, 0.4) is 0 Å². The monoisotopic (exact) mass is 293 g/mol. The van der Waals surface area contributed by atoms with E-state index in [1.54, 1.807) is 12.1 Å². The van der Waals surface area contributed by atoms with Crippen LogP contribution in [0.25, 0.3) is 0 Å². The second-order valence-corrected chi connectivity index (χ2v) is 6.69. The van der Waals surface area contributed by atoms with Gasteiger partial charge < -0.3 is 10.6 Å². The Morgan fingerprint density at radius 2 is 2.00 bits per heavy atom. The molecule has 0 saturated carbocycles. The fourth-order valence-corrected chi connectivity index (χ4v) is 3.32. The quantitative estimate of drug-likeness (QED) is 0.902. The Labute approximate surface area is 127 Å². The Hall–Kier alpha value is -0.970. The fourth-order valence-electron chi connectivity index (χ4n) is 3.32. The molecule has 2 N–H and O–H groups in total. The second kappa shape index (κ2) is 6.86. The van der Waals surface area contributed by atoms with E-state index < -0.39 is 0 Å². The molecule has 21 heavy (non-hydrogen) atoms. The largest absolute Gasteiger partial charge is 0.329 e. The average molecular weight is 293 g/mol. The van der Waals surface area contributed by atoms with Gasteiger partial charge in [-0.05, 0) is 58.0 Å². The van der Waals surface area contributed by atoms with Gasteiger partial charge in [0, 0.05) is 31.2 Å². The lowest BCUT2D eigenvalue weighted by Crippen LogP contribution is -2.57. The Morgan fingerprint density at radius 1 is 1.33 bits per heavy atom. The Bertz CT molecular complexity index is 455. The molecule has 0 amide bonds. The number of halogens is 1. The predicted octanol–water partition coefficient (Wildman–Crippen LogP) is 2.11. The van der Waals surface area contributed by atoms with Gasteiger partial charge in [-0.3, -0.25) is 4.90 Å². The van der Waals surface area contributed by atoms with Crippen LogP contribution >= 0.6 is 0 Å². The topological polar surface area (TPSA) is 32.5 Å². The molecule has 1 aromatic rings. The van der Waals surface area contributed by atoms with Gasteiger partial charge in [0.05, 0.1) is 0 Å². The first-order valence-electron chi connectivity index (χ1n) is 7.80. The van der Waals surface area contributed by atoms with Crippen LogP contribution in [0.4, 0.5) is 4.39 Å². The zero-order valence-electron chi connectivity index (χ0n) is 13.5.